The molecule has 23 heavy (non-hydrogen) atoms. The molecule has 1 aromatic carbocycles. The summed E-state index contributed by atoms with van der Waals surface area (Å²) < 4.78 is 5.93. The lowest BCUT2D eigenvalue weighted by atomic mass is 9.97. The fourth-order valence-electron chi connectivity index (χ4n) is 1.61. The molecule has 1 amide bonds. The molecule has 2 rings (SSSR count). The topological polar surface area (TPSA) is 68.3 Å². The van der Waals surface area contributed by atoms with Crippen molar-refractivity contribution in [3.63, 3.8) is 0 Å². The number of anilines is 1. The third-order valence-electron chi connectivity index (χ3n) is 2.82. The number of rotatable bonds is 4. The predicted octanol–water partition coefficient (Wildman–Crippen LogP) is 4.10. The highest BCUT2D eigenvalue weighted by Crippen LogP contribution is 2.26. The maximum atomic E-state index is 11.8. The summed E-state index contributed by atoms with van der Waals surface area (Å²) in [6.07, 6.45) is 0. The van der Waals surface area contributed by atoms with Crippen molar-refractivity contribution in [1.82, 2.24) is 4.98 Å². The highest BCUT2D eigenvalue weighted by molar-refractivity contribution is 9.10. The van der Waals surface area contributed by atoms with Crippen LogP contribution in [0.1, 0.15) is 20.8 Å². The van der Waals surface area contributed by atoms with Gasteiger partial charge in [0.2, 0.25) is 0 Å². The first kappa shape index (κ1) is 17.6. The normalized spacial score (nSPS) is 11.1. The van der Waals surface area contributed by atoms with E-state index in [2.05, 4.69) is 26.2 Å². The van der Waals surface area contributed by atoms with Crippen LogP contribution in [0.4, 0.5) is 5.13 Å². The summed E-state index contributed by atoms with van der Waals surface area (Å²) in [6.45, 7) is 4.89. The molecule has 2 aromatic rings. The molecule has 7 heteroatoms. The Balaban J connectivity index is 1.94. The first-order chi connectivity index (χ1) is 10.8. The van der Waals surface area contributed by atoms with Gasteiger partial charge < -0.3 is 4.74 Å². The molecular weight excluding hydrogens is 380 g/mol. The van der Waals surface area contributed by atoms with Crippen LogP contribution in [0.5, 0.6) is 0 Å². The van der Waals surface area contributed by atoms with E-state index >= 15 is 0 Å². The maximum Gasteiger partial charge on any atom is 0.311 e. The molecule has 0 spiro atoms. The van der Waals surface area contributed by atoms with Gasteiger partial charge in [-0.2, -0.15) is 0 Å². The van der Waals surface area contributed by atoms with Gasteiger partial charge in [-0.3, -0.25) is 14.9 Å². The minimum atomic E-state index is -0.630. The van der Waals surface area contributed by atoms with Gasteiger partial charge in [0.25, 0.3) is 5.91 Å². The van der Waals surface area contributed by atoms with Gasteiger partial charge in [0.15, 0.2) is 11.7 Å². The van der Waals surface area contributed by atoms with Crippen molar-refractivity contribution in [2.75, 3.05) is 11.9 Å². The van der Waals surface area contributed by atoms with Crippen molar-refractivity contribution in [2.45, 2.75) is 20.8 Å². The number of aromatic nitrogens is 1. The van der Waals surface area contributed by atoms with E-state index in [-0.39, 0.29) is 6.61 Å². The van der Waals surface area contributed by atoms with Gasteiger partial charge in [0, 0.05) is 15.4 Å². The molecule has 0 aliphatic rings. The summed E-state index contributed by atoms with van der Waals surface area (Å²) in [7, 11) is 0. The molecule has 0 aliphatic carbocycles. The quantitative estimate of drug-likeness (QED) is 0.789. The Kier molecular flexibility index (Phi) is 5.54. The number of carbonyl (C=O) groups is 2. The second-order valence-electron chi connectivity index (χ2n) is 5.92. The minimum absolute atomic E-state index is 0.318. The SMILES string of the molecule is CC(C)(C)C(=O)OCC(=O)Nc1nc(-c2cccc(Br)c2)cs1. The molecule has 1 heterocycles. The number of hydrogen-bond donors (Lipinski definition) is 1. The number of nitrogens with zero attached hydrogens (tertiary/aromatic N) is 1. The third-order valence-corrected chi connectivity index (χ3v) is 4.07. The maximum absolute atomic E-state index is 11.8. The summed E-state index contributed by atoms with van der Waals surface area (Å²) >= 11 is 4.73. The fourth-order valence-corrected chi connectivity index (χ4v) is 2.75. The molecule has 0 saturated heterocycles. The molecule has 0 bridgehead atoms. The van der Waals surface area contributed by atoms with Crippen LogP contribution in [0, 0.1) is 5.41 Å². The largest absolute Gasteiger partial charge is 0.455 e. The lowest BCUT2D eigenvalue weighted by Gasteiger charge is -2.15. The fraction of sp³-hybridized carbons (Fsp3) is 0.312. The van der Waals surface area contributed by atoms with Crippen molar-refractivity contribution in [3.05, 3.63) is 34.1 Å². The van der Waals surface area contributed by atoms with Crippen molar-refractivity contribution < 1.29 is 14.3 Å². The van der Waals surface area contributed by atoms with E-state index < -0.39 is 17.3 Å². The van der Waals surface area contributed by atoms with E-state index in [1.807, 2.05) is 29.6 Å². The number of esters is 1. The Morgan fingerprint density at radius 1 is 1.35 bits per heavy atom. The highest BCUT2D eigenvalue weighted by atomic mass is 79.9. The molecule has 0 unspecified atom stereocenters. The summed E-state index contributed by atoms with van der Waals surface area (Å²) in [5.41, 5.74) is 1.10. The molecule has 0 atom stereocenters. The molecule has 0 fully saturated rings. The number of ether oxygens (including phenoxy) is 1. The van der Waals surface area contributed by atoms with Crippen molar-refractivity contribution in [2.24, 2.45) is 5.41 Å². The molecule has 1 N–H and O–H groups in total. The first-order valence-electron chi connectivity index (χ1n) is 6.94. The van der Waals surface area contributed by atoms with Crippen molar-refractivity contribution in [1.29, 1.82) is 0 Å². The van der Waals surface area contributed by atoms with Gasteiger partial charge in [-0.05, 0) is 32.9 Å². The number of nitrogens with one attached hydrogen (secondary N) is 1. The Labute approximate surface area is 147 Å². The Hall–Kier alpha value is -1.73. The number of benzene rings is 1. The lowest BCUT2D eigenvalue weighted by molar-refractivity contribution is -0.155. The smallest absolute Gasteiger partial charge is 0.311 e. The van der Waals surface area contributed by atoms with Gasteiger partial charge >= 0.3 is 5.97 Å². The summed E-state index contributed by atoms with van der Waals surface area (Å²) in [5.74, 6) is -0.820. The van der Waals surface area contributed by atoms with Crippen LogP contribution in [-0.2, 0) is 14.3 Å². The Bertz CT molecular complexity index is 722. The van der Waals surface area contributed by atoms with Gasteiger partial charge in [-0.25, -0.2) is 4.98 Å². The molecule has 1 aromatic heterocycles. The van der Waals surface area contributed by atoms with E-state index in [1.165, 1.54) is 11.3 Å². The van der Waals surface area contributed by atoms with E-state index in [0.717, 1.165) is 15.7 Å². The van der Waals surface area contributed by atoms with Gasteiger partial charge in [-0.15, -0.1) is 11.3 Å². The number of amides is 1. The number of thiazole rings is 1. The van der Waals surface area contributed by atoms with E-state index in [0.29, 0.717) is 5.13 Å². The number of hydrogen-bond acceptors (Lipinski definition) is 5. The summed E-state index contributed by atoms with van der Waals surface area (Å²) in [4.78, 5) is 27.8. The standard InChI is InChI=1S/C16H17BrN2O3S/c1-16(2,3)14(21)22-8-13(20)19-15-18-12(9-23-15)10-5-4-6-11(17)7-10/h4-7,9H,8H2,1-3H3,(H,18,19,20). The average Bonchev–Trinajstić information content (AvgIpc) is 2.92. The molecule has 0 saturated carbocycles. The second kappa shape index (κ2) is 7.23. The zero-order chi connectivity index (χ0) is 17.0. The highest BCUT2D eigenvalue weighted by Gasteiger charge is 2.23. The monoisotopic (exact) mass is 396 g/mol. The van der Waals surface area contributed by atoms with Crippen molar-refractivity contribution in [3.8, 4) is 11.3 Å². The Morgan fingerprint density at radius 3 is 2.74 bits per heavy atom. The average molecular weight is 397 g/mol. The van der Waals surface area contributed by atoms with E-state index in [1.54, 1.807) is 20.8 Å². The Morgan fingerprint density at radius 2 is 2.09 bits per heavy atom. The van der Waals surface area contributed by atoms with Crippen LogP contribution in [0.25, 0.3) is 11.3 Å². The van der Waals surface area contributed by atoms with Gasteiger partial charge in [0.1, 0.15) is 0 Å². The lowest BCUT2D eigenvalue weighted by Crippen LogP contribution is -2.27. The summed E-state index contributed by atoms with van der Waals surface area (Å²) in [5, 5.41) is 4.96. The van der Waals surface area contributed by atoms with E-state index in [4.69, 9.17) is 4.74 Å². The zero-order valence-electron chi connectivity index (χ0n) is 13.1. The van der Waals surface area contributed by atoms with Gasteiger partial charge in [0.05, 0.1) is 11.1 Å². The summed E-state index contributed by atoms with van der Waals surface area (Å²) in [6, 6.07) is 7.74. The van der Waals surface area contributed by atoms with Crippen LogP contribution < -0.4 is 5.32 Å². The third kappa shape index (κ3) is 5.14. The van der Waals surface area contributed by atoms with Crippen LogP contribution in [0.15, 0.2) is 34.1 Å². The molecular formula is C16H17BrN2O3S. The van der Waals surface area contributed by atoms with Crippen LogP contribution in [0.2, 0.25) is 0 Å². The van der Waals surface area contributed by atoms with Crippen LogP contribution in [-0.4, -0.2) is 23.5 Å². The first-order valence-corrected chi connectivity index (χ1v) is 8.61. The van der Waals surface area contributed by atoms with Crippen LogP contribution >= 0.6 is 27.3 Å². The van der Waals surface area contributed by atoms with Gasteiger partial charge in [-0.1, -0.05) is 28.1 Å². The molecule has 0 aliphatic heterocycles. The number of halogens is 1. The molecule has 0 radical (unpaired) electrons. The zero-order valence-corrected chi connectivity index (χ0v) is 15.5. The predicted molar refractivity (Wildman–Crippen MR) is 94.3 cm³/mol. The minimum Gasteiger partial charge on any atom is -0.455 e. The molecule has 122 valence electrons. The van der Waals surface area contributed by atoms with Crippen molar-refractivity contribution >= 4 is 44.3 Å². The second-order valence-corrected chi connectivity index (χ2v) is 7.70. The molecule has 5 nitrogen and oxygen atoms in total. The van der Waals surface area contributed by atoms with E-state index in [9.17, 15) is 9.59 Å². The van der Waals surface area contributed by atoms with Crippen LogP contribution in [0.3, 0.4) is 0 Å². The number of carbonyl (C=O) groups excluding carboxylic acids is 2.